The first-order valence-corrected chi connectivity index (χ1v) is 9.09. The second kappa shape index (κ2) is 9.09. The van der Waals surface area contributed by atoms with Crippen molar-refractivity contribution in [1.82, 2.24) is 0 Å². The third-order valence-corrected chi connectivity index (χ3v) is 4.55. The van der Waals surface area contributed by atoms with E-state index in [2.05, 4.69) is 0 Å². The van der Waals surface area contributed by atoms with Gasteiger partial charge in [0.1, 0.15) is 0 Å². The lowest BCUT2D eigenvalue weighted by Crippen LogP contribution is -2.36. The number of carbonyl (C=O) groups excluding carboxylic acids is 3. The number of Topliss-reactive ketones (excluding diaryl/α,β-unsaturated/α-hetero) is 2. The SMILES string of the molecule is CCOC(=O)C(C#N)(CC(=O)c1ccc(C)cc1)CC(=O)c1ccc(C)cc1. The highest BCUT2D eigenvalue weighted by molar-refractivity contribution is 6.04. The maximum atomic E-state index is 12.7. The minimum absolute atomic E-state index is 0.0553. The Hall–Kier alpha value is -3.26. The van der Waals surface area contributed by atoms with Gasteiger partial charge < -0.3 is 4.74 Å². The summed E-state index contributed by atoms with van der Waals surface area (Å²) in [7, 11) is 0. The Kier molecular flexibility index (Phi) is 6.84. The van der Waals surface area contributed by atoms with Crippen LogP contribution >= 0.6 is 0 Å². The fourth-order valence-electron chi connectivity index (χ4n) is 2.83. The summed E-state index contributed by atoms with van der Waals surface area (Å²) in [5, 5.41) is 9.80. The van der Waals surface area contributed by atoms with Gasteiger partial charge in [-0.2, -0.15) is 5.26 Å². The molecule has 0 spiro atoms. The van der Waals surface area contributed by atoms with E-state index in [0.717, 1.165) is 11.1 Å². The molecule has 144 valence electrons. The highest BCUT2D eigenvalue weighted by Gasteiger charge is 2.44. The first kappa shape index (κ1) is 21.0. The number of ether oxygens (including phenoxy) is 1. The number of nitrogens with zero attached hydrogens (tertiary/aromatic N) is 1. The standard InChI is InChI=1S/C23H23NO4/c1-4-28-22(27)23(15-24,13-20(25)18-9-5-16(2)6-10-18)14-21(26)19-11-7-17(3)8-12-19/h5-12H,4,13-14H2,1-3H3. The fraction of sp³-hybridized carbons (Fsp3) is 0.304. The van der Waals surface area contributed by atoms with Gasteiger partial charge in [0.05, 0.1) is 12.7 Å². The largest absolute Gasteiger partial charge is 0.465 e. The zero-order chi connectivity index (χ0) is 20.7. The van der Waals surface area contributed by atoms with E-state index < -0.39 is 24.2 Å². The van der Waals surface area contributed by atoms with Crippen molar-refractivity contribution in [1.29, 1.82) is 5.26 Å². The first-order valence-electron chi connectivity index (χ1n) is 9.09. The van der Waals surface area contributed by atoms with Crippen LogP contribution in [0.25, 0.3) is 0 Å². The molecule has 2 aromatic carbocycles. The zero-order valence-corrected chi connectivity index (χ0v) is 16.3. The smallest absolute Gasteiger partial charge is 0.327 e. The van der Waals surface area contributed by atoms with E-state index >= 15 is 0 Å². The Morgan fingerprint density at radius 1 is 0.857 bits per heavy atom. The molecule has 0 radical (unpaired) electrons. The van der Waals surface area contributed by atoms with Crippen LogP contribution in [0.4, 0.5) is 0 Å². The van der Waals surface area contributed by atoms with E-state index in [0.29, 0.717) is 11.1 Å². The van der Waals surface area contributed by atoms with Crippen molar-refractivity contribution < 1.29 is 19.1 Å². The quantitative estimate of drug-likeness (QED) is 0.508. The molecular weight excluding hydrogens is 354 g/mol. The molecule has 0 amide bonds. The second-order valence-corrected chi connectivity index (χ2v) is 6.85. The first-order chi connectivity index (χ1) is 13.3. The number of hydrogen-bond acceptors (Lipinski definition) is 5. The van der Waals surface area contributed by atoms with Gasteiger partial charge in [-0.1, -0.05) is 59.7 Å². The van der Waals surface area contributed by atoms with Crippen molar-refractivity contribution in [2.75, 3.05) is 6.61 Å². The molecule has 2 aromatic rings. The van der Waals surface area contributed by atoms with Crippen molar-refractivity contribution in [3.63, 3.8) is 0 Å². The molecular formula is C23H23NO4. The van der Waals surface area contributed by atoms with Gasteiger partial charge in [-0.05, 0) is 20.8 Å². The van der Waals surface area contributed by atoms with E-state index in [-0.39, 0.29) is 18.2 Å². The zero-order valence-electron chi connectivity index (χ0n) is 16.3. The average molecular weight is 377 g/mol. The molecule has 0 saturated carbocycles. The predicted octanol–water partition coefficient (Wildman–Crippen LogP) is 4.22. The number of carbonyl (C=O) groups is 3. The van der Waals surface area contributed by atoms with Gasteiger partial charge in [-0.25, -0.2) is 0 Å². The van der Waals surface area contributed by atoms with Crippen LogP contribution in [0.1, 0.15) is 51.6 Å². The predicted molar refractivity (Wildman–Crippen MR) is 105 cm³/mol. The minimum Gasteiger partial charge on any atom is -0.465 e. The van der Waals surface area contributed by atoms with Crippen LogP contribution < -0.4 is 0 Å². The monoisotopic (exact) mass is 377 g/mol. The lowest BCUT2D eigenvalue weighted by molar-refractivity contribution is -0.151. The van der Waals surface area contributed by atoms with Gasteiger partial charge in [-0.15, -0.1) is 0 Å². The molecule has 0 unspecified atom stereocenters. The normalized spacial score (nSPS) is 10.8. The van der Waals surface area contributed by atoms with Crippen molar-refractivity contribution in [3.05, 3.63) is 70.8 Å². The van der Waals surface area contributed by atoms with Crippen molar-refractivity contribution in [3.8, 4) is 6.07 Å². The number of esters is 1. The van der Waals surface area contributed by atoms with Crippen LogP contribution in [0.3, 0.4) is 0 Å². The van der Waals surface area contributed by atoms with Gasteiger partial charge in [0.2, 0.25) is 0 Å². The molecule has 5 heteroatoms. The van der Waals surface area contributed by atoms with Crippen LogP contribution in [-0.4, -0.2) is 24.1 Å². The second-order valence-electron chi connectivity index (χ2n) is 6.85. The Morgan fingerprint density at radius 2 is 1.25 bits per heavy atom. The topological polar surface area (TPSA) is 84.2 Å². The number of rotatable bonds is 8. The van der Waals surface area contributed by atoms with E-state index in [9.17, 15) is 19.6 Å². The third kappa shape index (κ3) is 4.92. The number of ketones is 2. The minimum atomic E-state index is -1.86. The Bertz CT molecular complexity index is 846. The lowest BCUT2D eigenvalue weighted by Gasteiger charge is -2.23. The molecule has 28 heavy (non-hydrogen) atoms. The molecule has 0 saturated heterocycles. The van der Waals surface area contributed by atoms with Crippen LogP contribution in [0.15, 0.2) is 48.5 Å². The van der Waals surface area contributed by atoms with E-state index in [1.807, 2.05) is 19.9 Å². The number of benzene rings is 2. The van der Waals surface area contributed by atoms with Gasteiger partial charge >= 0.3 is 5.97 Å². The van der Waals surface area contributed by atoms with Gasteiger partial charge in [-0.3, -0.25) is 14.4 Å². The fourth-order valence-corrected chi connectivity index (χ4v) is 2.83. The molecule has 0 N–H and O–H groups in total. The summed E-state index contributed by atoms with van der Waals surface area (Å²) in [4.78, 5) is 38.1. The number of hydrogen-bond donors (Lipinski definition) is 0. The van der Waals surface area contributed by atoms with Gasteiger partial charge in [0.15, 0.2) is 17.0 Å². The van der Waals surface area contributed by atoms with Crippen LogP contribution in [0.5, 0.6) is 0 Å². The van der Waals surface area contributed by atoms with Crippen molar-refractivity contribution in [2.24, 2.45) is 5.41 Å². The summed E-state index contributed by atoms with van der Waals surface area (Å²) >= 11 is 0. The van der Waals surface area contributed by atoms with Crippen molar-refractivity contribution in [2.45, 2.75) is 33.6 Å². The maximum absolute atomic E-state index is 12.7. The summed E-state index contributed by atoms with van der Waals surface area (Å²) < 4.78 is 5.04. The Labute approximate surface area is 164 Å². The lowest BCUT2D eigenvalue weighted by atomic mass is 9.77. The van der Waals surface area contributed by atoms with E-state index in [1.165, 1.54) is 0 Å². The Balaban J connectivity index is 2.33. The highest BCUT2D eigenvalue weighted by Crippen LogP contribution is 2.32. The van der Waals surface area contributed by atoms with Crippen LogP contribution in [0, 0.1) is 30.6 Å². The molecule has 0 fully saturated rings. The van der Waals surface area contributed by atoms with Crippen LogP contribution in [-0.2, 0) is 9.53 Å². The average Bonchev–Trinajstić information content (AvgIpc) is 2.68. The summed E-state index contributed by atoms with van der Waals surface area (Å²) in [5.41, 5.74) is 0.889. The summed E-state index contributed by atoms with van der Waals surface area (Å²) in [5.74, 6) is -1.61. The molecule has 0 bridgehead atoms. The van der Waals surface area contributed by atoms with Crippen molar-refractivity contribution >= 4 is 17.5 Å². The van der Waals surface area contributed by atoms with E-state index in [4.69, 9.17) is 4.74 Å². The Morgan fingerprint density at radius 3 is 1.57 bits per heavy atom. The summed E-state index contributed by atoms with van der Waals surface area (Å²) in [6.45, 7) is 5.46. The van der Waals surface area contributed by atoms with E-state index in [1.54, 1.807) is 55.5 Å². The molecule has 0 aliphatic rings. The molecule has 0 heterocycles. The molecule has 0 atom stereocenters. The maximum Gasteiger partial charge on any atom is 0.327 e. The number of aryl methyl sites for hydroxylation is 2. The molecule has 0 aromatic heterocycles. The van der Waals surface area contributed by atoms with Gasteiger partial charge in [0, 0.05) is 24.0 Å². The number of nitriles is 1. The third-order valence-electron chi connectivity index (χ3n) is 4.55. The highest BCUT2D eigenvalue weighted by atomic mass is 16.5. The molecule has 5 nitrogen and oxygen atoms in total. The van der Waals surface area contributed by atoms with Crippen LogP contribution in [0.2, 0.25) is 0 Å². The summed E-state index contributed by atoms with van der Waals surface area (Å²) in [6.07, 6.45) is -0.827. The summed E-state index contributed by atoms with van der Waals surface area (Å²) in [6, 6.07) is 15.6. The molecule has 0 aliphatic heterocycles. The molecule has 0 aliphatic carbocycles. The van der Waals surface area contributed by atoms with Gasteiger partial charge in [0.25, 0.3) is 0 Å². The molecule has 2 rings (SSSR count).